The second-order valence-corrected chi connectivity index (χ2v) is 9.82. The van der Waals surface area contributed by atoms with Crippen LogP contribution in [0.1, 0.15) is 43.0 Å². The van der Waals surface area contributed by atoms with Gasteiger partial charge < -0.3 is 9.64 Å². The molecule has 2 aromatic heterocycles. The molecule has 5 nitrogen and oxygen atoms in total. The summed E-state index contributed by atoms with van der Waals surface area (Å²) < 4.78 is 5.50. The normalized spacial score (nSPS) is 26.7. The van der Waals surface area contributed by atoms with E-state index in [1.807, 2.05) is 11.3 Å². The van der Waals surface area contributed by atoms with Crippen LogP contribution in [-0.4, -0.2) is 54.3 Å². The second-order valence-electron chi connectivity index (χ2n) is 8.74. The van der Waals surface area contributed by atoms with Gasteiger partial charge in [0, 0.05) is 31.1 Å². The first kappa shape index (κ1) is 17.8. The van der Waals surface area contributed by atoms with Gasteiger partial charge in [-0.15, -0.1) is 11.3 Å². The van der Waals surface area contributed by atoms with Crippen LogP contribution in [0.15, 0.2) is 0 Å². The second kappa shape index (κ2) is 7.30. The highest BCUT2D eigenvalue weighted by Gasteiger charge is 2.29. The first-order valence-corrected chi connectivity index (χ1v) is 11.3. The minimum absolute atomic E-state index is 0.730. The molecule has 2 atom stereocenters. The SMILES string of the molecule is C[C@@H]1C[C@@H](C)CN(c2nc(CN3CCOCC3)nc3sc4c(c23)CCC4)C1. The van der Waals surface area contributed by atoms with Gasteiger partial charge in [-0.05, 0) is 43.1 Å². The van der Waals surface area contributed by atoms with Crippen molar-refractivity contribution in [2.45, 2.75) is 46.1 Å². The lowest BCUT2D eigenvalue weighted by Gasteiger charge is -2.36. The molecule has 0 spiro atoms. The van der Waals surface area contributed by atoms with E-state index in [1.54, 1.807) is 10.4 Å². The summed E-state index contributed by atoms with van der Waals surface area (Å²) in [5.41, 5.74) is 1.55. The molecule has 4 heterocycles. The first-order chi connectivity index (χ1) is 13.2. The molecule has 3 aliphatic rings. The van der Waals surface area contributed by atoms with Crippen LogP contribution in [0.2, 0.25) is 0 Å². The topological polar surface area (TPSA) is 41.5 Å². The Kier molecular flexibility index (Phi) is 4.82. The van der Waals surface area contributed by atoms with Crippen LogP contribution in [0.4, 0.5) is 5.82 Å². The number of fused-ring (bicyclic) bond motifs is 3. The maximum Gasteiger partial charge on any atom is 0.146 e. The van der Waals surface area contributed by atoms with Crippen LogP contribution >= 0.6 is 11.3 Å². The largest absolute Gasteiger partial charge is 0.379 e. The zero-order chi connectivity index (χ0) is 18.4. The van der Waals surface area contributed by atoms with E-state index in [2.05, 4.69) is 23.6 Å². The fourth-order valence-electron chi connectivity index (χ4n) is 5.11. The lowest BCUT2D eigenvalue weighted by Crippen LogP contribution is -2.40. The van der Waals surface area contributed by atoms with Gasteiger partial charge in [0.05, 0.1) is 25.1 Å². The Hall–Kier alpha value is -1.24. The van der Waals surface area contributed by atoms with Crippen LogP contribution in [0.25, 0.3) is 10.2 Å². The van der Waals surface area contributed by atoms with Gasteiger partial charge in [-0.25, -0.2) is 9.97 Å². The van der Waals surface area contributed by atoms with Gasteiger partial charge in [0.15, 0.2) is 0 Å². The molecule has 1 aliphatic carbocycles. The van der Waals surface area contributed by atoms with Gasteiger partial charge in [0.2, 0.25) is 0 Å². The van der Waals surface area contributed by atoms with E-state index in [0.717, 1.165) is 63.6 Å². The van der Waals surface area contributed by atoms with Gasteiger partial charge >= 0.3 is 0 Å². The van der Waals surface area contributed by atoms with Gasteiger partial charge in [-0.2, -0.15) is 0 Å². The van der Waals surface area contributed by atoms with Crippen molar-refractivity contribution in [1.82, 2.24) is 14.9 Å². The third-order valence-electron chi connectivity index (χ3n) is 6.23. The molecule has 146 valence electrons. The molecule has 27 heavy (non-hydrogen) atoms. The average molecular weight is 387 g/mol. The predicted molar refractivity (Wildman–Crippen MR) is 111 cm³/mol. The Morgan fingerprint density at radius 1 is 1.07 bits per heavy atom. The Bertz CT molecular complexity index is 819. The molecule has 6 heteroatoms. The van der Waals surface area contributed by atoms with Crippen molar-refractivity contribution < 1.29 is 4.74 Å². The van der Waals surface area contributed by atoms with Crippen molar-refractivity contribution in [1.29, 1.82) is 0 Å². The molecule has 0 bridgehead atoms. The molecular formula is C21H30N4OS. The van der Waals surface area contributed by atoms with E-state index < -0.39 is 0 Å². The summed E-state index contributed by atoms with van der Waals surface area (Å²) in [6, 6.07) is 0. The van der Waals surface area contributed by atoms with Gasteiger partial charge in [0.25, 0.3) is 0 Å². The summed E-state index contributed by atoms with van der Waals surface area (Å²) in [7, 11) is 0. The molecule has 5 rings (SSSR count). The monoisotopic (exact) mass is 386 g/mol. The van der Waals surface area contributed by atoms with E-state index in [9.17, 15) is 0 Å². The molecule has 0 radical (unpaired) electrons. The molecule has 0 unspecified atom stereocenters. The smallest absolute Gasteiger partial charge is 0.146 e. The van der Waals surface area contributed by atoms with Crippen LogP contribution in [-0.2, 0) is 24.1 Å². The molecular weight excluding hydrogens is 356 g/mol. The quantitative estimate of drug-likeness (QED) is 0.808. The molecule has 2 saturated heterocycles. The van der Waals surface area contributed by atoms with Crippen molar-refractivity contribution in [2.75, 3.05) is 44.3 Å². The summed E-state index contributed by atoms with van der Waals surface area (Å²) in [5, 5.41) is 1.37. The number of hydrogen-bond donors (Lipinski definition) is 0. The number of thiophene rings is 1. The summed E-state index contributed by atoms with van der Waals surface area (Å²) in [5.74, 6) is 3.67. The van der Waals surface area contributed by atoms with Gasteiger partial charge in [-0.1, -0.05) is 13.8 Å². The summed E-state index contributed by atoms with van der Waals surface area (Å²) in [6.07, 6.45) is 5.04. The average Bonchev–Trinajstić information content (AvgIpc) is 3.22. The van der Waals surface area contributed by atoms with E-state index in [4.69, 9.17) is 14.7 Å². The highest BCUT2D eigenvalue weighted by atomic mass is 32.1. The lowest BCUT2D eigenvalue weighted by atomic mass is 9.91. The molecule has 0 amide bonds. The maximum atomic E-state index is 5.50. The van der Waals surface area contributed by atoms with Crippen LogP contribution in [0.3, 0.4) is 0 Å². The Balaban J connectivity index is 1.55. The van der Waals surface area contributed by atoms with E-state index in [0.29, 0.717) is 0 Å². The van der Waals surface area contributed by atoms with Crippen molar-refractivity contribution in [3.8, 4) is 0 Å². The van der Waals surface area contributed by atoms with Gasteiger partial charge in [-0.3, -0.25) is 4.90 Å². The Morgan fingerprint density at radius 2 is 1.85 bits per heavy atom. The number of ether oxygens (including phenoxy) is 1. The zero-order valence-electron chi connectivity index (χ0n) is 16.5. The summed E-state index contributed by atoms with van der Waals surface area (Å²) in [6.45, 7) is 11.5. The minimum Gasteiger partial charge on any atom is -0.379 e. The van der Waals surface area contributed by atoms with Gasteiger partial charge in [0.1, 0.15) is 16.5 Å². The number of morpholine rings is 1. The van der Waals surface area contributed by atoms with E-state index in [-0.39, 0.29) is 0 Å². The Morgan fingerprint density at radius 3 is 2.63 bits per heavy atom. The number of aryl methyl sites for hydroxylation is 2. The minimum atomic E-state index is 0.730. The van der Waals surface area contributed by atoms with Crippen LogP contribution in [0.5, 0.6) is 0 Å². The third kappa shape index (κ3) is 3.47. The van der Waals surface area contributed by atoms with Crippen molar-refractivity contribution in [2.24, 2.45) is 11.8 Å². The number of rotatable bonds is 3. The number of hydrogen-bond acceptors (Lipinski definition) is 6. The summed E-state index contributed by atoms with van der Waals surface area (Å²) >= 11 is 1.92. The zero-order valence-corrected chi connectivity index (χ0v) is 17.4. The van der Waals surface area contributed by atoms with E-state index >= 15 is 0 Å². The number of nitrogens with zero attached hydrogens (tertiary/aromatic N) is 4. The van der Waals surface area contributed by atoms with Crippen molar-refractivity contribution in [3.63, 3.8) is 0 Å². The molecule has 0 saturated carbocycles. The molecule has 2 fully saturated rings. The molecule has 2 aromatic rings. The molecule has 0 N–H and O–H groups in total. The van der Waals surface area contributed by atoms with Crippen LogP contribution in [0, 0.1) is 11.8 Å². The lowest BCUT2D eigenvalue weighted by molar-refractivity contribution is 0.0331. The fraction of sp³-hybridized carbons (Fsp3) is 0.714. The van der Waals surface area contributed by atoms with Crippen LogP contribution < -0.4 is 4.90 Å². The van der Waals surface area contributed by atoms with E-state index in [1.165, 1.54) is 41.7 Å². The molecule has 2 aliphatic heterocycles. The standard InChI is InChI=1S/C21H30N4OS/c1-14-10-15(2)12-25(11-14)20-19-16-4-3-5-17(16)27-21(19)23-18(22-20)13-24-6-8-26-9-7-24/h14-15H,3-13H2,1-2H3/t14-,15-/m1/s1. The predicted octanol–water partition coefficient (Wildman–Crippen LogP) is 3.49. The van der Waals surface area contributed by atoms with Crippen molar-refractivity contribution in [3.05, 3.63) is 16.3 Å². The third-order valence-corrected chi connectivity index (χ3v) is 7.41. The first-order valence-electron chi connectivity index (χ1n) is 10.5. The fourth-order valence-corrected chi connectivity index (χ4v) is 6.39. The molecule has 0 aromatic carbocycles. The Labute approximate surface area is 165 Å². The van der Waals surface area contributed by atoms with Crippen molar-refractivity contribution >= 4 is 27.4 Å². The highest BCUT2D eigenvalue weighted by Crippen LogP contribution is 2.41. The number of anilines is 1. The number of aromatic nitrogens is 2. The summed E-state index contributed by atoms with van der Waals surface area (Å²) in [4.78, 5) is 18.0. The number of piperidine rings is 1. The maximum absolute atomic E-state index is 5.50. The highest BCUT2D eigenvalue weighted by molar-refractivity contribution is 7.19.